The van der Waals surface area contributed by atoms with E-state index in [1.54, 1.807) is 0 Å². The first-order valence-corrected chi connectivity index (χ1v) is 10.4. The molecule has 1 fully saturated rings. The molecule has 1 aromatic carbocycles. The Labute approximate surface area is 172 Å². The Morgan fingerprint density at radius 1 is 1.07 bits per heavy atom. The lowest BCUT2D eigenvalue weighted by Gasteiger charge is -2.32. The number of carbonyl (C=O) groups excluding carboxylic acids is 2. The maximum Gasteiger partial charge on any atom is 0.275 e. The van der Waals surface area contributed by atoms with E-state index in [2.05, 4.69) is 5.32 Å². The average Bonchev–Trinajstić information content (AvgIpc) is 3.15. The van der Waals surface area contributed by atoms with Crippen LogP contribution in [0.3, 0.4) is 0 Å². The summed E-state index contributed by atoms with van der Waals surface area (Å²) in [5.41, 5.74) is 0.834. The van der Waals surface area contributed by atoms with Crippen LogP contribution < -0.4 is 10.2 Å². The van der Waals surface area contributed by atoms with Crippen molar-refractivity contribution >= 4 is 11.8 Å². The van der Waals surface area contributed by atoms with Crippen LogP contribution in [0, 0.1) is 0 Å². The number of nitrogens with one attached hydrogen (secondary N) is 2. The fraction of sp³-hybridized carbons (Fsp3) is 0.478. The smallest absolute Gasteiger partial charge is 0.275 e. The highest BCUT2D eigenvalue weighted by molar-refractivity contribution is 5.78. The predicted molar refractivity (Wildman–Crippen MR) is 113 cm³/mol. The Morgan fingerprint density at radius 3 is 2.41 bits per heavy atom. The highest BCUT2D eigenvalue weighted by Crippen LogP contribution is 2.22. The standard InChI is InChI=1S/C23H31N3O3/c1-23(2,3)24-21(27)17-25-13-15-26(16-14-25)22(28)12-10-19-9-11-20(29-19)18-7-5-4-6-8-18/h4-9,11H,10,12-17H2,1-3H3,(H,24,27)/p+1. The van der Waals surface area contributed by atoms with Crippen molar-refractivity contribution in [3.8, 4) is 11.3 Å². The third kappa shape index (κ3) is 6.46. The van der Waals surface area contributed by atoms with Gasteiger partial charge in [-0.15, -0.1) is 0 Å². The van der Waals surface area contributed by atoms with Crippen LogP contribution in [0.25, 0.3) is 11.3 Å². The van der Waals surface area contributed by atoms with E-state index >= 15 is 0 Å². The van der Waals surface area contributed by atoms with Crippen LogP contribution in [-0.2, 0) is 16.0 Å². The number of benzene rings is 1. The third-order valence-corrected chi connectivity index (χ3v) is 5.05. The van der Waals surface area contributed by atoms with E-state index in [1.807, 2.05) is 68.1 Å². The molecule has 2 N–H and O–H groups in total. The minimum atomic E-state index is -0.208. The molecule has 1 aliphatic rings. The SMILES string of the molecule is CC(C)(C)NC(=O)C[NH+]1CCN(C(=O)CCc2ccc(-c3ccccc3)o2)CC1. The van der Waals surface area contributed by atoms with Crippen LogP contribution in [0.4, 0.5) is 0 Å². The molecule has 1 aromatic heterocycles. The molecule has 0 radical (unpaired) electrons. The summed E-state index contributed by atoms with van der Waals surface area (Å²) < 4.78 is 5.89. The Kier molecular flexibility index (Phi) is 6.75. The summed E-state index contributed by atoms with van der Waals surface area (Å²) in [7, 11) is 0. The van der Waals surface area contributed by atoms with Crippen molar-refractivity contribution in [2.75, 3.05) is 32.7 Å². The number of hydrogen-bond donors (Lipinski definition) is 2. The zero-order valence-corrected chi connectivity index (χ0v) is 17.7. The molecule has 2 heterocycles. The average molecular weight is 399 g/mol. The lowest BCUT2D eigenvalue weighted by atomic mass is 10.1. The van der Waals surface area contributed by atoms with Crippen molar-refractivity contribution in [3.05, 3.63) is 48.2 Å². The molecule has 1 aliphatic heterocycles. The molecule has 0 spiro atoms. The van der Waals surface area contributed by atoms with Gasteiger partial charge in [0.25, 0.3) is 5.91 Å². The van der Waals surface area contributed by atoms with Crippen molar-refractivity contribution in [1.29, 1.82) is 0 Å². The fourth-order valence-corrected chi connectivity index (χ4v) is 3.60. The summed E-state index contributed by atoms with van der Waals surface area (Å²) in [4.78, 5) is 27.8. The van der Waals surface area contributed by atoms with Crippen LogP contribution in [0.5, 0.6) is 0 Å². The zero-order valence-electron chi connectivity index (χ0n) is 17.7. The number of piperazine rings is 1. The first-order valence-electron chi connectivity index (χ1n) is 10.4. The van der Waals surface area contributed by atoms with Crippen LogP contribution in [0.1, 0.15) is 33.0 Å². The largest absolute Gasteiger partial charge is 0.461 e. The summed E-state index contributed by atoms with van der Waals surface area (Å²) in [5.74, 6) is 1.89. The molecular formula is C23H32N3O3+. The monoisotopic (exact) mass is 398 g/mol. The molecule has 0 aliphatic carbocycles. The second kappa shape index (κ2) is 9.27. The molecule has 156 valence electrons. The lowest BCUT2D eigenvalue weighted by molar-refractivity contribution is -0.896. The van der Waals surface area contributed by atoms with Gasteiger partial charge < -0.3 is 19.5 Å². The summed E-state index contributed by atoms with van der Waals surface area (Å²) in [5, 5.41) is 3.00. The first kappa shape index (κ1) is 21.1. The van der Waals surface area contributed by atoms with E-state index in [-0.39, 0.29) is 17.4 Å². The minimum absolute atomic E-state index is 0.0688. The summed E-state index contributed by atoms with van der Waals surface area (Å²) in [6, 6.07) is 13.9. The molecule has 6 nitrogen and oxygen atoms in total. The number of furan rings is 1. The summed E-state index contributed by atoms with van der Waals surface area (Å²) >= 11 is 0. The van der Waals surface area contributed by atoms with Crippen molar-refractivity contribution in [2.24, 2.45) is 0 Å². The molecule has 2 amide bonds. The highest BCUT2D eigenvalue weighted by atomic mass is 16.3. The van der Waals surface area contributed by atoms with Gasteiger partial charge in [-0.1, -0.05) is 30.3 Å². The maximum absolute atomic E-state index is 12.6. The van der Waals surface area contributed by atoms with E-state index in [9.17, 15) is 9.59 Å². The summed E-state index contributed by atoms with van der Waals surface area (Å²) in [6.45, 7) is 9.43. The number of quaternary nitrogens is 1. The van der Waals surface area contributed by atoms with E-state index in [4.69, 9.17) is 4.42 Å². The molecule has 1 saturated heterocycles. The molecule has 3 rings (SSSR count). The Hall–Kier alpha value is -2.60. The summed E-state index contributed by atoms with van der Waals surface area (Å²) in [6.07, 6.45) is 1.05. The topological polar surface area (TPSA) is 67.0 Å². The molecule has 0 bridgehead atoms. The van der Waals surface area contributed by atoms with Crippen LogP contribution >= 0.6 is 0 Å². The van der Waals surface area contributed by atoms with E-state index < -0.39 is 0 Å². The van der Waals surface area contributed by atoms with Gasteiger partial charge in [0, 0.05) is 23.9 Å². The van der Waals surface area contributed by atoms with Crippen LogP contribution in [-0.4, -0.2) is 55.0 Å². The van der Waals surface area contributed by atoms with Gasteiger partial charge in [0.15, 0.2) is 6.54 Å². The molecule has 0 unspecified atom stereocenters. The van der Waals surface area contributed by atoms with E-state index in [0.717, 1.165) is 30.2 Å². The zero-order chi connectivity index (χ0) is 20.9. The molecule has 0 saturated carbocycles. The second-order valence-electron chi connectivity index (χ2n) is 8.74. The number of aryl methyl sites for hydroxylation is 1. The van der Waals surface area contributed by atoms with Crippen LogP contribution in [0.15, 0.2) is 46.9 Å². The van der Waals surface area contributed by atoms with Gasteiger partial charge in [0.1, 0.15) is 11.5 Å². The van der Waals surface area contributed by atoms with E-state index in [1.165, 1.54) is 4.90 Å². The molecule has 6 heteroatoms. The van der Waals surface area contributed by atoms with Crippen molar-refractivity contribution in [2.45, 2.75) is 39.2 Å². The highest BCUT2D eigenvalue weighted by Gasteiger charge is 2.26. The van der Waals surface area contributed by atoms with Gasteiger partial charge in [0.2, 0.25) is 5.91 Å². The predicted octanol–water partition coefficient (Wildman–Crippen LogP) is 1.52. The number of rotatable bonds is 6. The third-order valence-electron chi connectivity index (χ3n) is 5.05. The fourth-order valence-electron chi connectivity index (χ4n) is 3.60. The number of amides is 2. The second-order valence-corrected chi connectivity index (χ2v) is 8.74. The number of hydrogen-bond acceptors (Lipinski definition) is 3. The van der Waals surface area contributed by atoms with Gasteiger partial charge in [-0.2, -0.15) is 0 Å². The number of carbonyl (C=O) groups is 2. The quantitative estimate of drug-likeness (QED) is 0.775. The Balaban J connectivity index is 1.41. The Morgan fingerprint density at radius 2 is 1.76 bits per heavy atom. The van der Waals surface area contributed by atoms with Crippen molar-refractivity contribution in [3.63, 3.8) is 0 Å². The molecule has 2 aromatic rings. The van der Waals surface area contributed by atoms with Gasteiger partial charge in [-0.3, -0.25) is 9.59 Å². The lowest BCUT2D eigenvalue weighted by Crippen LogP contribution is -3.16. The van der Waals surface area contributed by atoms with Crippen molar-refractivity contribution < 1.29 is 18.9 Å². The maximum atomic E-state index is 12.6. The first-order chi connectivity index (χ1) is 13.8. The van der Waals surface area contributed by atoms with Crippen molar-refractivity contribution in [1.82, 2.24) is 10.2 Å². The molecular weight excluding hydrogens is 366 g/mol. The van der Waals surface area contributed by atoms with Crippen LogP contribution in [0.2, 0.25) is 0 Å². The van der Waals surface area contributed by atoms with Gasteiger partial charge in [0.05, 0.1) is 26.2 Å². The normalized spacial score (nSPS) is 15.3. The van der Waals surface area contributed by atoms with E-state index in [0.29, 0.717) is 32.5 Å². The number of nitrogens with zero attached hydrogens (tertiary/aromatic N) is 1. The molecule has 0 atom stereocenters. The molecule has 29 heavy (non-hydrogen) atoms. The Bertz CT molecular complexity index is 815. The van der Waals surface area contributed by atoms with Gasteiger partial charge in [-0.25, -0.2) is 0 Å². The van der Waals surface area contributed by atoms with Gasteiger partial charge in [-0.05, 0) is 32.9 Å². The minimum Gasteiger partial charge on any atom is -0.461 e. The van der Waals surface area contributed by atoms with Gasteiger partial charge >= 0.3 is 0 Å².